The molecule has 0 spiro atoms. The lowest BCUT2D eigenvalue weighted by molar-refractivity contribution is 0.0453. The van der Waals surface area contributed by atoms with Gasteiger partial charge in [-0.2, -0.15) is 0 Å². The van der Waals surface area contributed by atoms with Gasteiger partial charge in [0.25, 0.3) is 0 Å². The van der Waals surface area contributed by atoms with E-state index in [-0.39, 0.29) is 6.10 Å². The van der Waals surface area contributed by atoms with Gasteiger partial charge < -0.3 is 10.1 Å². The summed E-state index contributed by atoms with van der Waals surface area (Å²) in [5.74, 6) is 0. The molecule has 0 fully saturated rings. The molecule has 6 heteroatoms. The number of fused-ring (bicyclic) bond motifs is 1. The molecule has 0 amide bonds. The van der Waals surface area contributed by atoms with Crippen LogP contribution >= 0.6 is 11.3 Å². The summed E-state index contributed by atoms with van der Waals surface area (Å²) in [6, 6.07) is 0. The van der Waals surface area contributed by atoms with E-state index in [0.29, 0.717) is 6.54 Å². The zero-order chi connectivity index (χ0) is 11.8. The molecule has 0 saturated carbocycles. The van der Waals surface area contributed by atoms with Crippen LogP contribution in [0.1, 0.15) is 22.1 Å². The van der Waals surface area contributed by atoms with Crippen LogP contribution in [0, 0.1) is 6.92 Å². The summed E-state index contributed by atoms with van der Waals surface area (Å²) in [5.41, 5.74) is 2.74. The molecule has 0 saturated heterocycles. The van der Waals surface area contributed by atoms with Crippen molar-refractivity contribution < 1.29 is 4.74 Å². The van der Waals surface area contributed by atoms with Crippen LogP contribution < -0.4 is 5.32 Å². The average molecular weight is 227 g/mol. The highest BCUT2D eigenvalue weighted by Crippen LogP contribution is 2.34. The molecule has 1 aliphatic rings. The standard InChI is InChI=1S/C10H12B3NOS/c1-6-5-16-9-7(6)2-3-15-8(9)4-14-10(11,12)13/h5,8,14H,2-4H2,1H3/t8-/m1/s1. The van der Waals surface area contributed by atoms with Crippen molar-refractivity contribution in [1.82, 2.24) is 5.32 Å². The predicted octanol–water partition coefficient (Wildman–Crippen LogP) is 0.377. The number of hydrogen-bond donors (Lipinski definition) is 1. The van der Waals surface area contributed by atoms with Gasteiger partial charge in [0.15, 0.2) is 0 Å². The van der Waals surface area contributed by atoms with Gasteiger partial charge in [-0.1, -0.05) is 5.24 Å². The normalized spacial score (nSPS) is 20.7. The number of nitrogens with one attached hydrogen (secondary N) is 1. The smallest absolute Gasteiger partial charge is 0.104 e. The lowest BCUT2D eigenvalue weighted by atomic mass is 9.49. The lowest BCUT2D eigenvalue weighted by Gasteiger charge is -2.29. The molecule has 1 aromatic heterocycles. The Morgan fingerprint density at radius 1 is 1.56 bits per heavy atom. The topological polar surface area (TPSA) is 21.3 Å². The van der Waals surface area contributed by atoms with Crippen molar-refractivity contribution in [2.45, 2.75) is 24.7 Å². The largest absolute Gasteiger partial charge is 0.371 e. The first-order valence-electron chi connectivity index (χ1n) is 5.27. The fraction of sp³-hybridized carbons (Fsp3) is 0.600. The summed E-state index contributed by atoms with van der Waals surface area (Å²) in [7, 11) is 16.4. The molecule has 1 aromatic rings. The molecule has 1 aliphatic heterocycles. The molecule has 2 nitrogen and oxygen atoms in total. The van der Waals surface area contributed by atoms with Crippen molar-refractivity contribution >= 4 is 34.9 Å². The maximum absolute atomic E-state index is 5.69. The molecule has 1 atom stereocenters. The summed E-state index contributed by atoms with van der Waals surface area (Å²) < 4.78 is 5.69. The molecule has 6 radical (unpaired) electrons. The maximum atomic E-state index is 5.69. The molecular weight excluding hydrogens is 215 g/mol. The Kier molecular flexibility index (Phi) is 3.52. The Labute approximate surface area is 104 Å². The van der Waals surface area contributed by atoms with Gasteiger partial charge in [-0.3, -0.25) is 0 Å². The zero-order valence-electron chi connectivity index (χ0n) is 9.32. The van der Waals surface area contributed by atoms with Gasteiger partial charge >= 0.3 is 0 Å². The molecule has 0 aromatic carbocycles. The first-order chi connectivity index (χ1) is 7.47. The quantitative estimate of drug-likeness (QED) is 0.753. The van der Waals surface area contributed by atoms with E-state index in [1.807, 2.05) is 0 Å². The summed E-state index contributed by atoms with van der Waals surface area (Å²) in [4.78, 5) is 1.26. The summed E-state index contributed by atoms with van der Waals surface area (Å²) in [5, 5.41) is 3.68. The molecule has 16 heavy (non-hydrogen) atoms. The molecule has 78 valence electrons. The van der Waals surface area contributed by atoms with Gasteiger partial charge in [0.2, 0.25) is 0 Å². The first-order valence-corrected chi connectivity index (χ1v) is 6.15. The van der Waals surface area contributed by atoms with E-state index >= 15 is 0 Å². The number of aryl methyl sites for hydroxylation is 1. The van der Waals surface area contributed by atoms with Gasteiger partial charge in [-0.15, -0.1) is 11.3 Å². The summed E-state index contributed by atoms with van der Waals surface area (Å²) >= 11 is 1.72. The third-order valence-corrected chi connectivity index (χ3v) is 3.93. The van der Waals surface area contributed by atoms with Crippen LogP contribution in [0.15, 0.2) is 5.38 Å². The molecule has 0 bridgehead atoms. The van der Waals surface area contributed by atoms with Gasteiger partial charge in [-0.25, -0.2) is 0 Å². The lowest BCUT2D eigenvalue weighted by Crippen LogP contribution is -2.49. The Balaban J connectivity index is 2.08. The van der Waals surface area contributed by atoms with Crippen molar-refractivity contribution in [3.8, 4) is 0 Å². The van der Waals surface area contributed by atoms with E-state index in [0.717, 1.165) is 13.0 Å². The van der Waals surface area contributed by atoms with E-state index in [9.17, 15) is 0 Å². The monoisotopic (exact) mass is 227 g/mol. The second kappa shape index (κ2) is 4.59. The van der Waals surface area contributed by atoms with Crippen molar-refractivity contribution in [3.05, 3.63) is 21.4 Å². The van der Waals surface area contributed by atoms with Crippen LogP contribution in [0.5, 0.6) is 0 Å². The predicted molar refractivity (Wildman–Crippen MR) is 69.4 cm³/mol. The number of hydrogen-bond acceptors (Lipinski definition) is 3. The molecule has 0 aliphatic carbocycles. The van der Waals surface area contributed by atoms with E-state index in [4.69, 9.17) is 28.3 Å². The zero-order valence-corrected chi connectivity index (χ0v) is 10.1. The fourth-order valence-electron chi connectivity index (χ4n) is 1.88. The number of ether oxygens (including phenoxy) is 1. The minimum absolute atomic E-state index is 0.0116. The van der Waals surface area contributed by atoms with E-state index < -0.39 is 5.24 Å². The number of rotatable bonds is 3. The summed E-state index contributed by atoms with van der Waals surface area (Å²) in [6.45, 7) is 3.41. The Bertz CT molecular complexity index is 375. The molecule has 2 rings (SSSR count). The highest BCUT2D eigenvalue weighted by atomic mass is 32.1. The van der Waals surface area contributed by atoms with Gasteiger partial charge in [0, 0.05) is 11.4 Å². The van der Waals surface area contributed by atoms with Gasteiger partial charge in [0.05, 0.1) is 30.1 Å². The highest BCUT2D eigenvalue weighted by molar-refractivity contribution is 7.10. The maximum Gasteiger partial charge on any atom is 0.104 e. The second-order valence-corrected chi connectivity index (χ2v) is 5.10. The van der Waals surface area contributed by atoms with Crippen molar-refractivity contribution in [3.63, 3.8) is 0 Å². The Hall–Kier alpha value is -0.185. The van der Waals surface area contributed by atoms with Crippen LogP contribution in [-0.4, -0.2) is 41.9 Å². The highest BCUT2D eigenvalue weighted by Gasteiger charge is 2.24. The molecular formula is C10H12B3NOS. The third kappa shape index (κ3) is 2.73. The SMILES string of the molecule is [B]C([B])([B])NC[C@H]1OCCc2c(C)csc21. The fourth-order valence-corrected chi connectivity index (χ4v) is 3.03. The second-order valence-electron chi connectivity index (χ2n) is 4.18. The first kappa shape index (κ1) is 12.3. The Morgan fingerprint density at radius 2 is 2.31 bits per heavy atom. The third-order valence-electron chi connectivity index (χ3n) is 2.69. The van der Waals surface area contributed by atoms with E-state index in [2.05, 4.69) is 17.6 Å². The van der Waals surface area contributed by atoms with Gasteiger partial charge in [-0.05, 0) is 29.9 Å². The van der Waals surface area contributed by atoms with Gasteiger partial charge in [0.1, 0.15) is 6.10 Å². The van der Waals surface area contributed by atoms with Crippen molar-refractivity contribution in [2.24, 2.45) is 0 Å². The van der Waals surface area contributed by atoms with E-state index in [1.165, 1.54) is 16.0 Å². The van der Waals surface area contributed by atoms with Crippen molar-refractivity contribution in [2.75, 3.05) is 13.2 Å². The van der Waals surface area contributed by atoms with Crippen molar-refractivity contribution in [1.29, 1.82) is 0 Å². The van der Waals surface area contributed by atoms with Crippen LogP contribution in [0.4, 0.5) is 0 Å². The minimum atomic E-state index is -1.34. The van der Waals surface area contributed by atoms with Crippen LogP contribution in [0.2, 0.25) is 0 Å². The molecule has 1 N–H and O–H groups in total. The number of thiophene rings is 1. The Morgan fingerprint density at radius 3 is 3.00 bits per heavy atom. The van der Waals surface area contributed by atoms with E-state index in [1.54, 1.807) is 11.3 Å². The average Bonchev–Trinajstić information content (AvgIpc) is 2.57. The molecule has 2 heterocycles. The molecule has 0 unspecified atom stereocenters. The minimum Gasteiger partial charge on any atom is -0.371 e. The van der Waals surface area contributed by atoms with Crippen LogP contribution in [0.25, 0.3) is 0 Å². The van der Waals surface area contributed by atoms with Crippen LogP contribution in [0.3, 0.4) is 0 Å². The summed E-state index contributed by atoms with van der Waals surface area (Å²) in [6.07, 6.45) is 0.998. The van der Waals surface area contributed by atoms with Crippen LogP contribution in [-0.2, 0) is 11.2 Å².